The maximum Gasteiger partial charge on any atom is 0.276 e. The smallest absolute Gasteiger partial charge is 0.276 e. The number of nitrogens with one attached hydrogen (secondary N) is 2. The average Bonchev–Trinajstić information content (AvgIpc) is 3.14. The molecule has 2 aromatic rings. The highest BCUT2D eigenvalue weighted by molar-refractivity contribution is 6.04. The third-order valence-electron chi connectivity index (χ3n) is 4.57. The van der Waals surface area contributed by atoms with Crippen LogP contribution in [0, 0.1) is 0 Å². The zero-order chi connectivity index (χ0) is 18.9. The number of amides is 3. The summed E-state index contributed by atoms with van der Waals surface area (Å²) < 4.78 is 0. The largest absolute Gasteiger partial charge is 0.368 e. The minimum atomic E-state index is -0.594. The number of aromatic nitrogens is 2. The summed E-state index contributed by atoms with van der Waals surface area (Å²) in [7, 11) is 1.49. The van der Waals surface area contributed by atoms with Gasteiger partial charge < -0.3 is 16.0 Å². The number of anilines is 1. The molecule has 0 radical (unpaired) electrons. The Balaban J connectivity index is 1.70. The van der Waals surface area contributed by atoms with Gasteiger partial charge in [-0.05, 0) is 37.1 Å². The Bertz CT molecular complexity index is 869. The van der Waals surface area contributed by atoms with E-state index in [0.717, 1.165) is 18.5 Å². The molecule has 3 amide bonds. The van der Waals surface area contributed by atoms with Crippen molar-refractivity contribution in [2.24, 2.45) is 5.73 Å². The standard InChI is InChI=1S/C18H21N5O3/c1-18(6-7-18)14-9-13(21-22-14)16(25)20-12-5-3-4-11(8-12)17(26)23(2)10-15(19)24/h3-5,8-9H,6-7,10H2,1-2H3,(H2,19,24)(H,20,25)(H,21,22). The number of aromatic amines is 1. The molecule has 1 heterocycles. The van der Waals surface area contributed by atoms with Gasteiger partial charge in [-0.3, -0.25) is 19.5 Å². The topological polar surface area (TPSA) is 121 Å². The fourth-order valence-corrected chi connectivity index (χ4v) is 2.66. The van der Waals surface area contributed by atoms with E-state index in [1.807, 2.05) is 0 Å². The van der Waals surface area contributed by atoms with E-state index in [9.17, 15) is 14.4 Å². The van der Waals surface area contributed by atoms with Crippen molar-refractivity contribution in [1.29, 1.82) is 0 Å². The number of hydrogen-bond donors (Lipinski definition) is 3. The Morgan fingerprint density at radius 2 is 2.04 bits per heavy atom. The summed E-state index contributed by atoms with van der Waals surface area (Å²) >= 11 is 0. The molecule has 1 aliphatic carbocycles. The number of nitrogens with zero attached hydrogens (tertiary/aromatic N) is 2. The lowest BCUT2D eigenvalue weighted by atomic mass is 10.1. The van der Waals surface area contributed by atoms with Crippen molar-refractivity contribution >= 4 is 23.4 Å². The summed E-state index contributed by atoms with van der Waals surface area (Å²) in [6.07, 6.45) is 2.17. The van der Waals surface area contributed by atoms with Crippen LogP contribution in [0.25, 0.3) is 0 Å². The highest BCUT2D eigenvalue weighted by atomic mass is 16.2. The number of likely N-dealkylation sites (N-methyl/N-ethyl adjacent to an activating group) is 1. The second-order valence-electron chi connectivity index (χ2n) is 6.89. The minimum Gasteiger partial charge on any atom is -0.368 e. The Kier molecular flexibility index (Phi) is 4.50. The van der Waals surface area contributed by atoms with Crippen LogP contribution in [0.3, 0.4) is 0 Å². The van der Waals surface area contributed by atoms with Crippen molar-refractivity contribution in [3.05, 3.63) is 47.3 Å². The molecule has 136 valence electrons. The second-order valence-corrected chi connectivity index (χ2v) is 6.89. The fourth-order valence-electron chi connectivity index (χ4n) is 2.66. The molecule has 0 unspecified atom stereocenters. The van der Waals surface area contributed by atoms with Crippen LogP contribution in [-0.4, -0.2) is 46.4 Å². The Morgan fingerprint density at radius 3 is 2.69 bits per heavy atom. The first kappa shape index (κ1) is 17.7. The van der Waals surface area contributed by atoms with E-state index in [-0.39, 0.29) is 23.8 Å². The number of rotatable bonds is 6. The molecule has 8 nitrogen and oxygen atoms in total. The molecule has 1 fully saturated rings. The lowest BCUT2D eigenvalue weighted by Crippen LogP contribution is -2.35. The number of H-pyrrole nitrogens is 1. The quantitative estimate of drug-likeness (QED) is 0.722. The van der Waals surface area contributed by atoms with Gasteiger partial charge >= 0.3 is 0 Å². The fraction of sp³-hybridized carbons (Fsp3) is 0.333. The van der Waals surface area contributed by atoms with Crippen LogP contribution in [0.4, 0.5) is 5.69 Å². The van der Waals surface area contributed by atoms with Gasteiger partial charge in [-0.1, -0.05) is 13.0 Å². The van der Waals surface area contributed by atoms with Crippen LogP contribution in [-0.2, 0) is 10.2 Å². The molecule has 1 saturated carbocycles. The summed E-state index contributed by atoms with van der Waals surface area (Å²) in [5.41, 5.74) is 7.28. The summed E-state index contributed by atoms with van der Waals surface area (Å²) in [4.78, 5) is 36.9. The van der Waals surface area contributed by atoms with E-state index in [2.05, 4.69) is 22.4 Å². The van der Waals surface area contributed by atoms with Gasteiger partial charge in [0.1, 0.15) is 0 Å². The predicted molar refractivity (Wildman–Crippen MR) is 95.7 cm³/mol. The molecule has 3 rings (SSSR count). The van der Waals surface area contributed by atoms with Crippen molar-refractivity contribution in [3.8, 4) is 0 Å². The van der Waals surface area contributed by atoms with Gasteiger partial charge in [0.05, 0.1) is 6.54 Å². The monoisotopic (exact) mass is 355 g/mol. The van der Waals surface area contributed by atoms with Gasteiger partial charge in [0, 0.05) is 29.4 Å². The molecule has 26 heavy (non-hydrogen) atoms. The molecule has 1 aromatic heterocycles. The van der Waals surface area contributed by atoms with Crippen LogP contribution in [0.5, 0.6) is 0 Å². The molecule has 0 atom stereocenters. The molecule has 1 aromatic carbocycles. The van der Waals surface area contributed by atoms with E-state index in [1.165, 1.54) is 11.9 Å². The summed E-state index contributed by atoms with van der Waals surface area (Å²) in [6, 6.07) is 8.25. The van der Waals surface area contributed by atoms with Crippen molar-refractivity contribution in [3.63, 3.8) is 0 Å². The molecule has 0 aliphatic heterocycles. The minimum absolute atomic E-state index is 0.100. The number of carbonyl (C=O) groups is 3. The third-order valence-corrected chi connectivity index (χ3v) is 4.57. The van der Waals surface area contributed by atoms with Gasteiger partial charge in [-0.15, -0.1) is 0 Å². The van der Waals surface area contributed by atoms with E-state index in [4.69, 9.17) is 5.73 Å². The van der Waals surface area contributed by atoms with Gasteiger partial charge in [-0.25, -0.2) is 0 Å². The lowest BCUT2D eigenvalue weighted by Gasteiger charge is -2.15. The summed E-state index contributed by atoms with van der Waals surface area (Å²) in [5.74, 6) is -1.31. The Morgan fingerprint density at radius 1 is 1.31 bits per heavy atom. The van der Waals surface area contributed by atoms with E-state index >= 15 is 0 Å². The van der Waals surface area contributed by atoms with Gasteiger partial charge in [0.25, 0.3) is 11.8 Å². The molecule has 0 saturated heterocycles. The number of carbonyl (C=O) groups excluding carboxylic acids is 3. The number of hydrogen-bond acceptors (Lipinski definition) is 4. The first-order valence-corrected chi connectivity index (χ1v) is 8.29. The molecule has 4 N–H and O–H groups in total. The van der Waals surface area contributed by atoms with Gasteiger partial charge in [-0.2, -0.15) is 5.10 Å². The van der Waals surface area contributed by atoms with Crippen molar-refractivity contribution in [1.82, 2.24) is 15.1 Å². The summed E-state index contributed by atoms with van der Waals surface area (Å²) in [6.45, 7) is 1.95. The lowest BCUT2D eigenvalue weighted by molar-refractivity contribution is -0.118. The maximum atomic E-state index is 12.4. The van der Waals surface area contributed by atoms with Crippen molar-refractivity contribution in [2.45, 2.75) is 25.2 Å². The van der Waals surface area contributed by atoms with Crippen LogP contribution < -0.4 is 11.1 Å². The van der Waals surface area contributed by atoms with Crippen molar-refractivity contribution < 1.29 is 14.4 Å². The highest BCUT2D eigenvalue weighted by Gasteiger charge is 2.41. The molecule has 0 bridgehead atoms. The molecule has 0 spiro atoms. The zero-order valence-corrected chi connectivity index (χ0v) is 14.7. The van der Waals surface area contributed by atoms with Gasteiger partial charge in [0.2, 0.25) is 5.91 Å². The van der Waals surface area contributed by atoms with Crippen LogP contribution in [0.2, 0.25) is 0 Å². The van der Waals surface area contributed by atoms with Crippen LogP contribution >= 0.6 is 0 Å². The Hall–Kier alpha value is -3.16. The number of nitrogens with two attached hydrogens (primary N) is 1. The van der Waals surface area contributed by atoms with Gasteiger partial charge in [0.15, 0.2) is 5.69 Å². The number of benzene rings is 1. The first-order chi connectivity index (χ1) is 12.3. The molecule has 8 heteroatoms. The predicted octanol–water partition coefficient (Wildman–Crippen LogP) is 1.27. The van der Waals surface area contributed by atoms with E-state index in [0.29, 0.717) is 16.9 Å². The first-order valence-electron chi connectivity index (χ1n) is 8.29. The van der Waals surface area contributed by atoms with Crippen LogP contribution in [0.15, 0.2) is 30.3 Å². The van der Waals surface area contributed by atoms with Crippen molar-refractivity contribution in [2.75, 3.05) is 18.9 Å². The summed E-state index contributed by atoms with van der Waals surface area (Å²) in [5, 5.41) is 9.73. The number of primary amides is 1. The highest BCUT2D eigenvalue weighted by Crippen LogP contribution is 2.46. The molecular weight excluding hydrogens is 334 g/mol. The third kappa shape index (κ3) is 3.74. The average molecular weight is 355 g/mol. The zero-order valence-electron chi connectivity index (χ0n) is 14.7. The molecular formula is C18H21N5O3. The molecule has 1 aliphatic rings. The normalized spacial score (nSPS) is 14.5. The van der Waals surface area contributed by atoms with E-state index in [1.54, 1.807) is 30.3 Å². The van der Waals surface area contributed by atoms with Crippen LogP contribution in [0.1, 0.15) is 46.3 Å². The maximum absolute atomic E-state index is 12.4. The second kappa shape index (κ2) is 6.62. The SMILES string of the molecule is CN(CC(N)=O)C(=O)c1cccc(NC(=O)c2cc(C3(C)CC3)[nH]n2)c1. The Labute approximate surface area is 150 Å². The van der Waals surface area contributed by atoms with E-state index < -0.39 is 5.91 Å².